The Morgan fingerprint density at radius 2 is 2.11 bits per heavy atom. The fourth-order valence-electron chi connectivity index (χ4n) is 1.33. The number of hydrogen-bond acceptors (Lipinski definition) is 1. The zero-order chi connectivity index (χ0) is 6.85. The maximum absolute atomic E-state index is 10.7. The van der Waals surface area contributed by atoms with Crippen LogP contribution in [0.4, 0.5) is 0 Å². The molecular weight excluding hydrogens is 114 g/mol. The van der Waals surface area contributed by atoms with Crippen LogP contribution >= 0.6 is 0 Å². The third kappa shape index (κ3) is 0.934. The van der Waals surface area contributed by atoms with Crippen LogP contribution < -0.4 is 5.32 Å². The molecule has 0 radical (unpaired) electrons. The summed E-state index contributed by atoms with van der Waals surface area (Å²) in [5.74, 6) is 0.555. The third-order valence-electron chi connectivity index (χ3n) is 2.03. The van der Waals surface area contributed by atoms with E-state index in [4.69, 9.17) is 0 Å². The Labute approximate surface area is 55.6 Å². The van der Waals surface area contributed by atoms with Crippen molar-refractivity contribution in [3.63, 3.8) is 0 Å². The van der Waals surface area contributed by atoms with E-state index >= 15 is 0 Å². The van der Waals surface area contributed by atoms with E-state index in [2.05, 4.69) is 19.2 Å². The summed E-state index contributed by atoms with van der Waals surface area (Å²) in [6.07, 6.45) is 2.06. The van der Waals surface area contributed by atoms with Crippen molar-refractivity contribution in [2.45, 2.75) is 32.7 Å². The Morgan fingerprint density at radius 1 is 1.44 bits per heavy atom. The molecule has 2 heteroatoms. The number of nitrogens with one attached hydrogen (secondary N) is 1. The first-order chi connectivity index (χ1) is 4.29. The molecule has 1 aliphatic rings. The Kier molecular flexibility index (Phi) is 1.74. The third-order valence-corrected chi connectivity index (χ3v) is 2.03. The van der Waals surface area contributed by atoms with Crippen LogP contribution in [0.1, 0.15) is 26.7 Å². The smallest absolute Gasteiger partial charge is 0.225 e. The van der Waals surface area contributed by atoms with Gasteiger partial charge in [-0.15, -0.1) is 0 Å². The summed E-state index contributed by atoms with van der Waals surface area (Å²) >= 11 is 0. The molecule has 0 unspecified atom stereocenters. The molecule has 2 nitrogen and oxygen atoms in total. The van der Waals surface area contributed by atoms with Gasteiger partial charge in [-0.05, 0) is 12.8 Å². The van der Waals surface area contributed by atoms with E-state index in [-0.39, 0.29) is 5.91 Å². The SMILES string of the molecule is CC[C@@H]1C(=O)N[C@@H]1CC. The predicted octanol–water partition coefficient (Wildman–Crippen LogP) is 0.921. The van der Waals surface area contributed by atoms with Gasteiger partial charge in [0.1, 0.15) is 0 Å². The molecule has 1 saturated heterocycles. The lowest BCUT2D eigenvalue weighted by Gasteiger charge is -2.35. The summed E-state index contributed by atoms with van der Waals surface area (Å²) in [7, 11) is 0. The second-order valence-electron chi connectivity index (χ2n) is 2.54. The van der Waals surface area contributed by atoms with Gasteiger partial charge in [-0.25, -0.2) is 0 Å². The topological polar surface area (TPSA) is 29.1 Å². The molecular formula is C7H13NO. The highest BCUT2D eigenvalue weighted by atomic mass is 16.2. The van der Waals surface area contributed by atoms with Crippen molar-refractivity contribution >= 4 is 5.91 Å². The molecule has 9 heavy (non-hydrogen) atoms. The number of carbonyl (C=O) groups excluding carboxylic acids is 1. The summed E-state index contributed by atoms with van der Waals surface area (Å²) < 4.78 is 0. The van der Waals surface area contributed by atoms with E-state index in [1.54, 1.807) is 0 Å². The molecule has 1 heterocycles. The normalized spacial score (nSPS) is 33.3. The first kappa shape index (κ1) is 6.59. The van der Waals surface area contributed by atoms with Gasteiger partial charge in [0, 0.05) is 6.04 Å². The first-order valence-corrected chi connectivity index (χ1v) is 3.60. The molecule has 0 spiro atoms. The molecule has 1 N–H and O–H groups in total. The Bertz CT molecular complexity index is 122. The van der Waals surface area contributed by atoms with Gasteiger partial charge < -0.3 is 5.32 Å². The molecule has 0 aromatic carbocycles. The molecule has 0 bridgehead atoms. The second-order valence-corrected chi connectivity index (χ2v) is 2.54. The Hall–Kier alpha value is -0.530. The molecule has 1 amide bonds. The average Bonchev–Trinajstić information content (AvgIpc) is 1.83. The van der Waals surface area contributed by atoms with Crippen LogP contribution in [0, 0.1) is 5.92 Å². The maximum atomic E-state index is 10.7. The molecule has 1 rings (SSSR count). The van der Waals surface area contributed by atoms with Crippen molar-refractivity contribution in [2.24, 2.45) is 5.92 Å². The molecule has 1 aliphatic heterocycles. The van der Waals surface area contributed by atoms with E-state index in [1.807, 2.05) is 0 Å². The highest BCUT2D eigenvalue weighted by molar-refractivity contribution is 5.85. The summed E-state index contributed by atoms with van der Waals surface area (Å²) in [5.41, 5.74) is 0. The lowest BCUT2D eigenvalue weighted by atomic mass is 9.87. The summed E-state index contributed by atoms with van der Waals surface area (Å²) in [4.78, 5) is 10.7. The molecule has 2 atom stereocenters. The Morgan fingerprint density at radius 3 is 2.33 bits per heavy atom. The monoisotopic (exact) mass is 127 g/mol. The van der Waals surface area contributed by atoms with Crippen LogP contribution in [0.25, 0.3) is 0 Å². The minimum absolute atomic E-state index is 0.240. The van der Waals surface area contributed by atoms with E-state index in [1.165, 1.54) is 0 Å². The van der Waals surface area contributed by atoms with Crippen LogP contribution in [0.5, 0.6) is 0 Å². The fraction of sp³-hybridized carbons (Fsp3) is 0.857. The van der Waals surface area contributed by atoms with E-state index in [0.29, 0.717) is 12.0 Å². The number of β-lactam (4-membered cyclic amide) rings is 1. The molecule has 0 aromatic heterocycles. The van der Waals surface area contributed by atoms with Gasteiger partial charge in [-0.3, -0.25) is 4.79 Å². The van der Waals surface area contributed by atoms with Crippen LogP contribution in [0.2, 0.25) is 0 Å². The van der Waals surface area contributed by atoms with Gasteiger partial charge in [0.05, 0.1) is 5.92 Å². The van der Waals surface area contributed by atoms with Crippen LogP contribution in [0.3, 0.4) is 0 Å². The summed E-state index contributed by atoms with van der Waals surface area (Å²) in [6.45, 7) is 4.17. The van der Waals surface area contributed by atoms with Crippen molar-refractivity contribution < 1.29 is 4.79 Å². The minimum Gasteiger partial charge on any atom is -0.352 e. The van der Waals surface area contributed by atoms with Crippen molar-refractivity contribution in [1.29, 1.82) is 0 Å². The predicted molar refractivity (Wildman–Crippen MR) is 36.0 cm³/mol. The van der Waals surface area contributed by atoms with E-state index in [0.717, 1.165) is 12.8 Å². The minimum atomic E-state index is 0.240. The standard InChI is InChI=1S/C7H13NO/c1-3-5-6(4-2)8-7(5)9/h5-6H,3-4H2,1-2H3,(H,8,9)/t5-,6+/m0/s1. The van der Waals surface area contributed by atoms with Gasteiger partial charge in [-0.2, -0.15) is 0 Å². The molecule has 0 saturated carbocycles. The molecule has 52 valence electrons. The number of amides is 1. The zero-order valence-electron chi connectivity index (χ0n) is 5.98. The number of carbonyl (C=O) groups is 1. The zero-order valence-corrected chi connectivity index (χ0v) is 5.98. The quantitative estimate of drug-likeness (QED) is 0.549. The van der Waals surface area contributed by atoms with Crippen LogP contribution in [-0.2, 0) is 4.79 Å². The van der Waals surface area contributed by atoms with Crippen molar-refractivity contribution in [1.82, 2.24) is 5.32 Å². The lowest BCUT2D eigenvalue weighted by Crippen LogP contribution is -2.57. The second kappa shape index (κ2) is 2.38. The molecule has 0 aromatic rings. The van der Waals surface area contributed by atoms with E-state index in [9.17, 15) is 4.79 Å². The highest BCUT2D eigenvalue weighted by Crippen LogP contribution is 2.20. The largest absolute Gasteiger partial charge is 0.352 e. The van der Waals surface area contributed by atoms with Crippen LogP contribution in [-0.4, -0.2) is 11.9 Å². The summed E-state index contributed by atoms with van der Waals surface area (Å²) in [5, 5.41) is 2.85. The lowest BCUT2D eigenvalue weighted by molar-refractivity contribution is -0.135. The van der Waals surface area contributed by atoms with Crippen LogP contribution in [0.15, 0.2) is 0 Å². The van der Waals surface area contributed by atoms with Gasteiger partial charge in [0.25, 0.3) is 0 Å². The Balaban J connectivity index is 2.38. The summed E-state index contributed by atoms with van der Waals surface area (Å²) in [6, 6.07) is 0.475. The highest BCUT2D eigenvalue weighted by Gasteiger charge is 2.35. The van der Waals surface area contributed by atoms with Gasteiger partial charge in [-0.1, -0.05) is 13.8 Å². The molecule has 1 fully saturated rings. The van der Waals surface area contributed by atoms with Crippen molar-refractivity contribution in [2.75, 3.05) is 0 Å². The first-order valence-electron chi connectivity index (χ1n) is 3.60. The van der Waals surface area contributed by atoms with Gasteiger partial charge in [0.2, 0.25) is 5.91 Å². The number of rotatable bonds is 2. The van der Waals surface area contributed by atoms with E-state index < -0.39 is 0 Å². The average molecular weight is 127 g/mol. The fourth-order valence-corrected chi connectivity index (χ4v) is 1.33. The molecule has 0 aliphatic carbocycles. The van der Waals surface area contributed by atoms with Gasteiger partial charge >= 0.3 is 0 Å². The van der Waals surface area contributed by atoms with Gasteiger partial charge in [0.15, 0.2) is 0 Å². The van der Waals surface area contributed by atoms with Crippen molar-refractivity contribution in [3.05, 3.63) is 0 Å². The maximum Gasteiger partial charge on any atom is 0.225 e. The van der Waals surface area contributed by atoms with Crippen molar-refractivity contribution in [3.8, 4) is 0 Å². The number of hydrogen-bond donors (Lipinski definition) is 1.